The molecule has 1 unspecified atom stereocenters. The molecule has 1 aromatic heterocycles. The fourth-order valence-corrected chi connectivity index (χ4v) is 3.06. The van der Waals surface area contributed by atoms with Crippen LogP contribution in [0.1, 0.15) is 22.7 Å². The van der Waals surface area contributed by atoms with E-state index in [1.54, 1.807) is 36.5 Å². The second kappa shape index (κ2) is 9.28. The molecule has 0 aliphatic heterocycles. The van der Waals surface area contributed by atoms with Crippen molar-refractivity contribution in [3.05, 3.63) is 101 Å². The molecule has 0 saturated heterocycles. The lowest BCUT2D eigenvalue weighted by atomic mass is 9.93. The summed E-state index contributed by atoms with van der Waals surface area (Å²) in [5, 5.41) is 3.55. The van der Waals surface area contributed by atoms with Crippen LogP contribution in [0.15, 0.2) is 72.9 Å². The molecule has 0 bridgehead atoms. The summed E-state index contributed by atoms with van der Waals surface area (Å²) >= 11 is 5.97. The highest BCUT2D eigenvalue weighted by Gasteiger charge is 2.21. The maximum Gasteiger partial charge on any atom is 0.227 e. The Morgan fingerprint density at radius 1 is 1.04 bits per heavy atom. The van der Waals surface area contributed by atoms with Gasteiger partial charge in [-0.15, -0.1) is 0 Å². The highest BCUT2D eigenvalue weighted by Crippen LogP contribution is 2.22. The molecule has 1 atom stereocenters. The maximum absolute atomic E-state index is 13.7. The molecule has 0 aliphatic rings. The molecule has 0 aliphatic carbocycles. The van der Waals surface area contributed by atoms with Crippen LogP contribution in [0.2, 0.25) is 5.02 Å². The number of benzene rings is 2. The predicted molar refractivity (Wildman–Crippen MR) is 105 cm³/mol. The molecule has 0 spiro atoms. The molecule has 1 amide bonds. The van der Waals surface area contributed by atoms with Crippen LogP contribution in [0.25, 0.3) is 0 Å². The highest BCUT2D eigenvalue weighted by molar-refractivity contribution is 6.30. The number of aromatic nitrogens is 1. The fraction of sp³-hybridized carbons (Fsp3) is 0.182. The van der Waals surface area contributed by atoms with E-state index < -0.39 is 5.92 Å². The van der Waals surface area contributed by atoms with Crippen molar-refractivity contribution in [2.45, 2.75) is 18.8 Å². The molecule has 138 valence electrons. The van der Waals surface area contributed by atoms with Gasteiger partial charge in [-0.25, -0.2) is 4.39 Å². The van der Waals surface area contributed by atoms with Crippen LogP contribution in [0, 0.1) is 5.82 Å². The average molecular weight is 383 g/mol. The number of nitrogens with zero attached hydrogens (tertiary/aromatic N) is 1. The minimum Gasteiger partial charge on any atom is -0.355 e. The van der Waals surface area contributed by atoms with Crippen LogP contribution in [0.5, 0.6) is 0 Å². The minimum absolute atomic E-state index is 0.112. The molecule has 27 heavy (non-hydrogen) atoms. The molecular weight excluding hydrogens is 363 g/mol. The predicted octanol–water partition coefficient (Wildman–Crippen LogP) is 4.56. The lowest BCUT2D eigenvalue weighted by molar-refractivity contribution is -0.122. The zero-order valence-corrected chi connectivity index (χ0v) is 15.5. The van der Waals surface area contributed by atoms with Gasteiger partial charge >= 0.3 is 0 Å². The number of pyridine rings is 1. The van der Waals surface area contributed by atoms with Crippen molar-refractivity contribution in [2.24, 2.45) is 0 Å². The average Bonchev–Trinajstić information content (AvgIpc) is 2.69. The van der Waals surface area contributed by atoms with Gasteiger partial charge in [0.25, 0.3) is 0 Å². The van der Waals surface area contributed by atoms with Crippen molar-refractivity contribution in [2.75, 3.05) is 6.54 Å². The Balaban J connectivity index is 1.70. The monoisotopic (exact) mass is 382 g/mol. The second-order valence-electron chi connectivity index (χ2n) is 6.26. The molecule has 3 aromatic rings. The van der Waals surface area contributed by atoms with E-state index in [1.807, 2.05) is 30.3 Å². The van der Waals surface area contributed by atoms with Gasteiger partial charge in [-0.1, -0.05) is 48.0 Å². The summed E-state index contributed by atoms with van der Waals surface area (Å²) in [6.07, 6.45) is 2.63. The van der Waals surface area contributed by atoms with Crippen molar-refractivity contribution in [3.63, 3.8) is 0 Å². The quantitative estimate of drug-likeness (QED) is 0.650. The van der Waals surface area contributed by atoms with Gasteiger partial charge in [-0.3, -0.25) is 9.78 Å². The van der Waals surface area contributed by atoms with E-state index in [4.69, 9.17) is 11.6 Å². The molecule has 1 heterocycles. The topological polar surface area (TPSA) is 42.0 Å². The van der Waals surface area contributed by atoms with Crippen molar-refractivity contribution in [1.82, 2.24) is 10.3 Å². The van der Waals surface area contributed by atoms with Gasteiger partial charge in [0, 0.05) is 29.9 Å². The molecule has 0 fully saturated rings. The van der Waals surface area contributed by atoms with Gasteiger partial charge in [0.2, 0.25) is 5.91 Å². The van der Waals surface area contributed by atoms with E-state index >= 15 is 0 Å². The number of carbonyl (C=O) groups is 1. The Kier molecular flexibility index (Phi) is 6.55. The number of hydrogen-bond donors (Lipinski definition) is 1. The Morgan fingerprint density at radius 2 is 1.78 bits per heavy atom. The van der Waals surface area contributed by atoms with Gasteiger partial charge in [0.05, 0.1) is 5.92 Å². The van der Waals surface area contributed by atoms with E-state index in [-0.39, 0.29) is 11.7 Å². The van der Waals surface area contributed by atoms with Crippen LogP contribution < -0.4 is 5.32 Å². The zero-order valence-electron chi connectivity index (χ0n) is 14.7. The molecule has 2 aromatic carbocycles. The van der Waals surface area contributed by atoms with Gasteiger partial charge in [0.15, 0.2) is 0 Å². The molecule has 3 nitrogen and oxygen atoms in total. The minimum atomic E-state index is -0.391. The first-order valence-corrected chi connectivity index (χ1v) is 9.18. The van der Waals surface area contributed by atoms with E-state index in [1.165, 1.54) is 6.07 Å². The van der Waals surface area contributed by atoms with Gasteiger partial charge in [0.1, 0.15) is 5.82 Å². The Morgan fingerprint density at radius 3 is 2.48 bits per heavy atom. The molecule has 0 radical (unpaired) electrons. The molecule has 1 N–H and O–H groups in total. The number of carbonyl (C=O) groups excluding carboxylic acids is 1. The van der Waals surface area contributed by atoms with Crippen molar-refractivity contribution >= 4 is 17.5 Å². The summed E-state index contributed by atoms with van der Waals surface area (Å²) in [4.78, 5) is 17.2. The smallest absolute Gasteiger partial charge is 0.227 e. The molecule has 5 heteroatoms. The number of halogens is 2. The van der Waals surface area contributed by atoms with E-state index in [0.717, 1.165) is 11.3 Å². The molecule has 0 saturated carbocycles. The second-order valence-corrected chi connectivity index (χ2v) is 6.70. The largest absolute Gasteiger partial charge is 0.355 e. The van der Waals surface area contributed by atoms with Crippen molar-refractivity contribution in [3.8, 4) is 0 Å². The normalized spacial score (nSPS) is 11.8. The van der Waals surface area contributed by atoms with E-state index in [0.29, 0.717) is 30.0 Å². The van der Waals surface area contributed by atoms with Gasteiger partial charge in [-0.2, -0.15) is 0 Å². The van der Waals surface area contributed by atoms with E-state index in [2.05, 4.69) is 10.3 Å². The number of hydrogen-bond acceptors (Lipinski definition) is 2. The molecular formula is C22H20ClFN2O. The van der Waals surface area contributed by atoms with Crippen LogP contribution in [-0.2, 0) is 17.6 Å². The Bertz CT molecular complexity index is 884. The summed E-state index contributed by atoms with van der Waals surface area (Å²) in [5.41, 5.74) is 2.29. The maximum atomic E-state index is 13.7. The summed E-state index contributed by atoms with van der Waals surface area (Å²) in [6, 6.07) is 19.5. The summed E-state index contributed by atoms with van der Waals surface area (Å²) in [5.74, 6) is -0.758. The standard InChI is InChI=1S/C22H20ClFN2O/c23-18-10-8-16(9-11-18)20(15-19-6-3-4-13-25-19)22(27)26-14-12-17-5-1-2-7-21(17)24/h1-11,13,20H,12,14-15H2,(H,26,27). The summed E-state index contributed by atoms with van der Waals surface area (Å²) in [7, 11) is 0. The number of rotatable bonds is 7. The first-order chi connectivity index (χ1) is 13.1. The fourth-order valence-electron chi connectivity index (χ4n) is 2.93. The van der Waals surface area contributed by atoms with Crippen molar-refractivity contribution in [1.29, 1.82) is 0 Å². The molecule has 3 rings (SSSR count). The van der Waals surface area contributed by atoms with Crippen LogP contribution in [0.3, 0.4) is 0 Å². The van der Waals surface area contributed by atoms with Crippen LogP contribution >= 0.6 is 11.6 Å². The third kappa shape index (κ3) is 5.38. The van der Waals surface area contributed by atoms with Crippen LogP contribution in [0.4, 0.5) is 4.39 Å². The highest BCUT2D eigenvalue weighted by atomic mass is 35.5. The van der Waals surface area contributed by atoms with Crippen molar-refractivity contribution < 1.29 is 9.18 Å². The summed E-state index contributed by atoms with van der Waals surface area (Å²) in [6.45, 7) is 0.367. The summed E-state index contributed by atoms with van der Waals surface area (Å²) < 4.78 is 13.7. The van der Waals surface area contributed by atoms with Gasteiger partial charge in [-0.05, 0) is 47.9 Å². The Hall–Kier alpha value is -2.72. The first kappa shape index (κ1) is 19.1. The zero-order chi connectivity index (χ0) is 19.1. The number of amides is 1. The number of nitrogens with one attached hydrogen (secondary N) is 1. The van der Waals surface area contributed by atoms with Crippen LogP contribution in [-0.4, -0.2) is 17.4 Å². The lowest BCUT2D eigenvalue weighted by Crippen LogP contribution is -2.32. The van der Waals surface area contributed by atoms with E-state index in [9.17, 15) is 9.18 Å². The first-order valence-electron chi connectivity index (χ1n) is 8.80. The third-order valence-corrected chi connectivity index (χ3v) is 4.63. The van der Waals surface area contributed by atoms with Gasteiger partial charge < -0.3 is 5.32 Å². The third-order valence-electron chi connectivity index (χ3n) is 4.38. The lowest BCUT2D eigenvalue weighted by Gasteiger charge is -2.17. The Labute approximate surface area is 163 Å². The SMILES string of the molecule is O=C(NCCc1ccccc1F)C(Cc1ccccn1)c1ccc(Cl)cc1.